The number of amides is 2. The molecule has 1 heterocycles. The van der Waals surface area contributed by atoms with E-state index < -0.39 is 0 Å². The van der Waals surface area contributed by atoms with Crippen LogP contribution >= 0.6 is 0 Å². The van der Waals surface area contributed by atoms with Crippen molar-refractivity contribution in [2.24, 2.45) is 0 Å². The van der Waals surface area contributed by atoms with Crippen LogP contribution in [0.1, 0.15) is 51.7 Å². The molecule has 0 aliphatic carbocycles. The monoisotopic (exact) mass is 303 g/mol. The number of aryl methyl sites for hydroxylation is 1. The smallest absolute Gasteiger partial charge is 0.315 e. The number of hydrogen-bond acceptors (Lipinski definition) is 2. The zero-order valence-electron chi connectivity index (χ0n) is 14.4. The predicted molar refractivity (Wildman–Crippen MR) is 90.9 cm³/mol. The van der Waals surface area contributed by atoms with Gasteiger partial charge in [0.25, 0.3) is 0 Å². The van der Waals surface area contributed by atoms with Gasteiger partial charge in [0, 0.05) is 23.7 Å². The summed E-state index contributed by atoms with van der Waals surface area (Å²) in [6.07, 6.45) is 1.88. The molecule has 3 N–H and O–H groups in total. The first-order valence-corrected chi connectivity index (χ1v) is 8.04. The van der Waals surface area contributed by atoms with E-state index in [4.69, 9.17) is 0 Å². The lowest BCUT2D eigenvalue weighted by atomic mass is 9.80. The molecule has 122 valence electrons. The van der Waals surface area contributed by atoms with Gasteiger partial charge in [0.05, 0.1) is 0 Å². The van der Waals surface area contributed by atoms with Gasteiger partial charge in [0.1, 0.15) is 0 Å². The number of piperidine rings is 1. The number of carbonyl (C=O) groups is 1. The van der Waals surface area contributed by atoms with Crippen LogP contribution in [-0.2, 0) is 6.54 Å². The van der Waals surface area contributed by atoms with Gasteiger partial charge in [-0.25, -0.2) is 4.79 Å². The molecular weight excluding hydrogens is 274 g/mol. The summed E-state index contributed by atoms with van der Waals surface area (Å²) >= 11 is 0. The van der Waals surface area contributed by atoms with Crippen LogP contribution in [-0.4, -0.2) is 23.2 Å². The van der Waals surface area contributed by atoms with Crippen molar-refractivity contribution in [3.8, 4) is 0 Å². The van der Waals surface area contributed by atoms with Gasteiger partial charge >= 0.3 is 6.03 Å². The van der Waals surface area contributed by atoms with E-state index in [-0.39, 0.29) is 23.2 Å². The second kappa shape index (κ2) is 6.29. The molecule has 2 amide bonds. The maximum absolute atomic E-state index is 12.1. The molecule has 1 aliphatic rings. The van der Waals surface area contributed by atoms with Gasteiger partial charge in [-0.2, -0.15) is 0 Å². The lowest BCUT2D eigenvalue weighted by molar-refractivity contribution is 0.147. The lowest BCUT2D eigenvalue weighted by Gasteiger charge is -2.46. The van der Waals surface area contributed by atoms with Crippen molar-refractivity contribution >= 4 is 6.03 Å². The Morgan fingerprint density at radius 1 is 1.14 bits per heavy atom. The number of hydrogen-bond donors (Lipinski definition) is 3. The Balaban J connectivity index is 1.85. The molecule has 1 aliphatic heterocycles. The predicted octanol–water partition coefficient (Wildman–Crippen LogP) is 3.10. The van der Waals surface area contributed by atoms with Crippen LogP contribution in [0.2, 0.25) is 0 Å². The van der Waals surface area contributed by atoms with E-state index in [2.05, 4.69) is 62.7 Å². The van der Waals surface area contributed by atoms with Gasteiger partial charge in [-0.15, -0.1) is 0 Å². The number of benzene rings is 1. The summed E-state index contributed by atoms with van der Waals surface area (Å²) in [6, 6.07) is 8.33. The highest BCUT2D eigenvalue weighted by molar-refractivity contribution is 5.74. The van der Waals surface area contributed by atoms with Crippen molar-refractivity contribution in [2.75, 3.05) is 0 Å². The minimum Gasteiger partial charge on any atom is -0.335 e. The Bertz CT molecular complexity index is 504. The normalized spacial score (nSPS) is 20.4. The van der Waals surface area contributed by atoms with E-state index in [9.17, 15) is 4.79 Å². The fourth-order valence-electron chi connectivity index (χ4n) is 3.55. The second-order valence-electron chi connectivity index (χ2n) is 7.81. The summed E-state index contributed by atoms with van der Waals surface area (Å²) in [4.78, 5) is 12.1. The Morgan fingerprint density at radius 2 is 1.68 bits per heavy atom. The number of rotatable bonds is 3. The summed E-state index contributed by atoms with van der Waals surface area (Å²) in [6.45, 7) is 11.4. The molecule has 0 atom stereocenters. The number of nitrogens with one attached hydrogen (secondary N) is 3. The molecule has 2 rings (SSSR count). The molecule has 4 heteroatoms. The van der Waals surface area contributed by atoms with Gasteiger partial charge < -0.3 is 16.0 Å². The van der Waals surface area contributed by atoms with Crippen LogP contribution in [0, 0.1) is 6.92 Å². The summed E-state index contributed by atoms with van der Waals surface area (Å²) in [7, 11) is 0. The van der Waals surface area contributed by atoms with Crippen molar-refractivity contribution in [1.29, 1.82) is 0 Å². The van der Waals surface area contributed by atoms with Crippen LogP contribution in [0.5, 0.6) is 0 Å². The molecule has 1 saturated heterocycles. The molecule has 1 aromatic carbocycles. The van der Waals surface area contributed by atoms with Crippen molar-refractivity contribution in [3.05, 3.63) is 35.4 Å². The molecule has 0 bridgehead atoms. The van der Waals surface area contributed by atoms with Crippen molar-refractivity contribution in [1.82, 2.24) is 16.0 Å². The quantitative estimate of drug-likeness (QED) is 0.803. The maximum Gasteiger partial charge on any atom is 0.315 e. The SMILES string of the molecule is Cc1ccc(CNC(=O)NC2CC(C)(C)NC(C)(C)C2)cc1. The molecule has 4 nitrogen and oxygen atoms in total. The summed E-state index contributed by atoms with van der Waals surface area (Å²) < 4.78 is 0. The summed E-state index contributed by atoms with van der Waals surface area (Å²) in [5, 5.41) is 9.70. The van der Waals surface area contributed by atoms with Gasteiger partial charge in [0.2, 0.25) is 0 Å². The fraction of sp³-hybridized carbons (Fsp3) is 0.611. The molecule has 0 spiro atoms. The first kappa shape index (κ1) is 16.8. The zero-order chi connectivity index (χ0) is 16.4. The van der Waals surface area contributed by atoms with Gasteiger partial charge in [-0.3, -0.25) is 0 Å². The van der Waals surface area contributed by atoms with Crippen molar-refractivity contribution < 1.29 is 4.79 Å². The Morgan fingerprint density at radius 3 is 2.23 bits per heavy atom. The first-order valence-electron chi connectivity index (χ1n) is 8.04. The highest BCUT2D eigenvalue weighted by atomic mass is 16.2. The molecule has 0 aromatic heterocycles. The third kappa shape index (κ3) is 5.02. The van der Waals surface area contributed by atoms with Gasteiger partial charge in [0.15, 0.2) is 0 Å². The molecule has 1 fully saturated rings. The minimum atomic E-state index is -0.0842. The topological polar surface area (TPSA) is 53.2 Å². The first-order chi connectivity index (χ1) is 10.2. The average molecular weight is 303 g/mol. The third-order valence-corrected chi connectivity index (χ3v) is 4.10. The van der Waals surface area contributed by atoms with E-state index in [1.807, 2.05) is 12.1 Å². The van der Waals surface area contributed by atoms with Crippen molar-refractivity contribution in [3.63, 3.8) is 0 Å². The standard InChI is InChI=1S/C18H29N3O/c1-13-6-8-14(9-7-13)12-19-16(22)20-15-10-17(2,3)21-18(4,5)11-15/h6-9,15,21H,10-12H2,1-5H3,(H2,19,20,22). The molecule has 22 heavy (non-hydrogen) atoms. The van der Waals surface area contributed by atoms with E-state index in [1.54, 1.807) is 0 Å². The van der Waals surface area contributed by atoms with Crippen LogP contribution in [0.15, 0.2) is 24.3 Å². The minimum absolute atomic E-state index is 0.0383. The largest absolute Gasteiger partial charge is 0.335 e. The van der Waals surface area contributed by atoms with Gasteiger partial charge in [-0.05, 0) is 53.0 Å². The maximum atomic E-state index is 12.1. The lowest BCUT2D eigenvalue weighted by Crippen LogP contribution is -2.62. The second-order valence-corrected chi connectivity index (χ2v) is 7.81. The molecule has 1 aromatic rings. The Hall–Kier alpha value is -1.55. The number of carbonyl (C=O) groups excluding carboxylic acids is 1. The van der Waals surface area contributed by atoms with Crippen LogP contribution in [0.25, 0.3) is 0 Å². The Kier molecular flexibility index (Phi) is 4.81. The van der Waals surface area contributed by atoms with E-state index in [0.29, 0.717) is 6.54 Å². The Labute approximate surface area is 134 Å². The highest BCUT2D eigenvalue weighted by Crippen LogP contribution is 2.28. The van der Waals surface area contributed by atoms with Crippen LogP contribution < -0.4 is 16.0 Å². The van der Waals surface area contributed by atoms with E-state index >= 15 is 0 Å². The third-order valence-electron chi connectivity index (χ3n) is 4.10. The van der Waals surface area contributed by atoms with Crippen LogP contribution in [0.3, 0.4) is 0 Å². The molecular formula is C18H29N3O. The zero-order valence-corrected chi connectivity index (χ0v) is 14.4. The average Bonchev–Trinajstić information content (AvgIpc) is 2.34. The van der Waals surface area contributed by atoms with Crippen molar-refractivity contribution in [2.45, 2.75) is 71.1 Å². The molecule has 0 unspecified atom stereocenters. The fourth-order valence-corrected chi connectivity index (χ4v) is 3.55. The highest BCUT2D eigenvalue weighted by Gasteiger charge is 2.38. The summed E-state index contributed by atoms with van der Waals surface area (Å²) in [5.41, 5.74) is 2.42. The molecule has 0 radical (unpaired) electrons. The van der Waals surface area contributed by atoms with Crippen LogP contribution in [0.4, 0.5) is 4.79 Å². The van der Waals surface area contributed by atoms with E-state index in [1.165, 1.54) is 5.56 Å². The number of urea groups is 1. The summed E-state index contributed by atoms with van der Waals surface area (Å²) in [5.74, 6) is 0. The van der Waals surface area contributed by atoms with E-state index in [0.717, 1.165) is 18.4 Å². The van der Waals surface area contributed by atoms with Gasteiger partial charge in [-0.1, -0.05) is 29.8 Å². The molecule has 0 saturated carbocycles.